The molecule has 3 atom stereocenters. The van der Waals surface area contributed by atoms with Crippen LogP contribution in [0, 0.1) is 5.92 Å². The Bertz CT molecular complexity index is 1060. The third-order valence-electron chi connectivity index (χ3n) is 7.73. The predicted molar refractivity (Wildman–Crippen MR) is 170 cm³/mol. The Labute approximate surface area is 258 Å². The number of hydrogen-bond acceptors (Lipinski definition) is 6. The summed E-state index contributed by atoms with van der Waals surface area (Å²) in [7, 11) is -1.24. The largest absolute Gasteiger partial charge is 0.467 e. The first-order valence-electron chi connectivity index (χ1n) is 15.9. The average Bonchev–Trinajstić information content (AvgIpc) is 3.35. The highest BCUT2D eigenvalue weighted by Gasteiger charge is 2.38. The van der Waals surface area contributed by atoms with E-state index in [4.69, 9.17) is 19.9 Å². The van der Waals surface area contributed by atoms with Gasteiger partial charge in [0.05, 0.1) is 5.56 Å². The van der Waals surface area contributed by atoms with Crippen LogP contribution in [-0.2, 0) is 19.1 Å². The lowest BCUT2D eigenvalue weighted by Crippen LogP contribution is -2.41. The molecule has 2 amide bonds. The summed E-state index contributed by atoms with van der Waals surface area (Å²) in [6.07, 6.45) is 9.45. The standard InChI is InChI=1S/C33H53FN2O6Si/c1-6-7-8-11-16-27(17-12-9-10-15-25(2)31(35)37)42-33(39)29-22-26(34)23-36(29)32(38)28-18-13-14-19-30(28)41-24-40-20-21-43(3,4)5/h13-14,18-19,23,25,27,29H,6-12,15-17,20-22,24H2,1-5H3,(H2,35,37)/t25-,27-,29+/m1/s1. The Morgan fingerprint density at radius 3 is 2.33 bits per heavy atom. The molecule has 1 aliphatic rings. The quantitative estimate of drug-likeness (QED) is 0.0666. The smallest absolute Gasteiger partial charge is 0.329 e. The fraction of sp³-hybridized carbons (Fsp3) is 0.667. The van der Waals surface area contributed by atoms with Gasteiger partial charge in [0.15, 0.2) is 6.79 Å². The summed E-state index contributed by atoms with van der Waals surface area (Å²) in [4.78, 5) is 39.4. The van der Waals surface area contributed by atoms with E-state index >= 15 is 0 Å². The molecule has 0 spiro atoms. The molecule has 43 heavy (non-hydrogen) atoms. The van der Waals surface area contributed by atoms with E-state index in [1.165, 1.54) is 0 Å². The van der Waals surface area contributed by atoms with Gasteiger partial charge in [0.25, 0.3) is 5.91 Å². The van der Waals surface area contributed by atoms with Crippen molar-refractivity contribution in [3.05, 3.63) is 41.9 Å². The maximum absolute atomic E-state index is 14.6. The third kappa shape index (κ3) is 13.6. The summed E-state index contributed by atoms with van der Waals surface area (Å²) >= 11 is 0. The van der Waals surface area contributed by atoms with Crippen LogP contribution in [0.15, 0.2) is 36.3 Å². The van der Waals surface area contributed by atoms with Crippen molar-refractivity contribution in [2.24, 2.45) is 11.7 Å². The molecular weight excluding hydrogens is 567 g/mol. The molecule has 10 heteroatoms. The fourth-order valence-corrected chi connectivity index (χ4v) is 5.63. The molecule has 2 N–H and O–H groups in total. The molecule has 0 fully saturated rings. The second-order valence-electron chi connectivity index (χ2n) is 12.8. The van der Waals surface area contributed by atoms with Gasteiger partial charge in [0, 0.05) is 33.2 Å². The molecule has 1 aromatic carbocycles. The van der Waals surface area contributed by atoms with E-state index in [1.807, 2.05) is 6.92 Å². The summed E-state index contributed by atoms with van der Waals surface area (Å²) in [5.74, 6) is -1.82. The number of esters is 1. The Morgan fingerprint density at radius 1 is 1.02 bits per heavy atom. The maximum atomic E-state index is 14.6. The van der Waals surface area contributed by atoms with Crippen LogP contribution in [-0.4, -0.2) is 56.3 Å². The molecule has 1 heterocycles. The molecule has 0 saturated carbocycles. The first-order valence-corrected chi connectivity index (χ1v) is 19.6. The van der Waals surface area contributed by atoms with E-state index in [0.717, 1.165) is 68.5 Å². The van der Waals surface area contributed by atoms with Crippen LogP contribution in [0.3, 0.4) is 0 Å². The topological polar surface area (TPSA) is 108 Å². The van der Waals surface area contributed by atoms with Crippen molar-refractivity contribution in [1.82, 2.24) is 4.90 Å². The zero-order chi connectivity index (χ0) is 31.8. The van der Waals surface area contributed by atoms with Crippen molar-refractivity contribution in [3.8, 4) is 5.75 Å². The zero-order valence-electron chi connectivity index (χ0n) is 26.9. The van der Waals surface area contributed by atoms with Crippen LogP contribution >= 0.6 is 0 Å². The Balaban J connectivity index is 2.02. The Kier molecular flexibility index (Phi) is 16.0. The van der Waals surface area contributed by atoms with E-state index < -0.39 is 31.8 Å². The number of hydrogen-bond donors (Lipinski definition) is 1. The highest BCUT2D eigenvalue weighted by molar-refractivity contribution is 6.76. The number of carbonyl (C=O) groups is 3. The Morgan fingerprint density at radius 2 is 1.67 bits per heavy atom. The summed E-state index contributed by atoms with van der Waals surface area (Å²) in [6.45, 7) is 11.3. The van der Waals surface area contributed by atoms with Gasteiger partial charge in [-0.2, -0.15) is 0 Å². The van der Waals surface area contributed by atoms with Crippen molar-refractivity contribution >= 4 is 25.9 Å². The van der Waals surface area contributed by atoms with Gasteiger partial charge in [-0.25, -0.2) is 9.18 Å². The lowest BCUT2D eigenvalue weighted by atomic mass is 9.99. The molecule has 0 unspecified atom stereocenters. The van der Waals surface area contributed by atoms with Crippen molar-refractivity contribution in [1.29, 1.82) is 0 Å². The van der Waals surface area contributed by atoms with Gasteiger partial charge in [-0.05, 0) is 50.3 Å². The number of halogens is 1. The SMILES string of the molecule is CCCCCC[C@H](CCCCC[C@@H](C)C(N)=O)OC(=O)[C@@H]1CC(F)=CN1C(=O)c1ccccc1OCOCC[Si](C)(C)C. The lowest BCUT2D eigenvalue weighted by Gasteiger charge is -2.26. The van der Waals surface area contributed by atoms with Gasteiger partial charge in [-0.1, -0.05) is 77.7 Å². The van der Waals surface area contributed by atoms with E-state index in [9.17, 15) is 18.8 Å². The first kappa shape index (κ1) is 36.5. The second kappa shape index (κ2) is 18.8. The van der Waals surface area contributed by atoms with Crippen LogP contribution in [0.5, 0.6) is 5.75 Å². The molecule has 0 saturated heterocycles. The number of nitrogens with two attached hydrogens (primary N) is 1. The van der Waals surface area contributed by atoms with Gasteiger partial charge in [-0.3, -0.25) is 14.5 Å². The third-order valence-corrected chi connectivity index (χ3v) is 9.44. The van der Waals surface area contributed by atoms with E-state index in [2.05, 4.69) is 26.6 Å². The van der Waals surface area contributed by atoms with Crippen molar-refractivity contribution in [2.45, 2.75) is 122 Å². The van der Waals surface area contributed by atoms with Crippen molar-refractivity contribution in [2.75, 3.05) is 13.4 Å². The highest BCUT2D eigenvalue weighted by atomic mass is 28.3. The molecular formula is C33H53FN2O6Si. The number of nitrogens with zero attached hydrogens (tertiary/aromatic N) is 1. The normalized spacial score (nSPS) is 16.5. The first-order chi connectivity index (χ1) is 20.4. The van der Waals surface area contributed by atoms with Crippen LogP contribution in [0.1, 0.15) is 94.8 Å². The minimum absolute atomic E-state index is 0.00834. The number of para-hydroxylation sites is 1. The summed E-state index contributed by atoms with van der Waals surface area (Å²) in [6, 6.07) is 6.62. The molecule has 0 radical (unpaired) electrons. The summed E-state index contributed by atoms with van der Waals surface area (Å²) < 4.78 is 31.9. The number of ether oxygens (including phenoxy) is 3. The lowest BCUT2D eigenvalue weighted by molar-refractivity contribution is -0.154. The molecule has 0 bridgehead atoms. The van der Waals surface area contributed by atoms with Crippen molar-refractivity contribution < 1.29 is 33.0 Å². The Hall–Kier alpha value is -2.72. The molecule has 8 nitrogen and oxygen atoms in total. The number of carbonyl (C=O) groups excluding carboxylic acids is 3. The van der Waals surface area contributed by atoms with E-state index in [-0.39, 0.29) is 36.7 Å². The average molecular weight is 621 g/mol. The molecule has 1 aliphatic heterocycles. The van der Waals surface area contributed by atoms with Crippen LogP contribution in [0.4, 0.5) is 4.39 Å². The monoisotopic (exact) mass is 620 g/mol. The van der Waals surface area contributed by atoms with E-state index in [1.54, 1.807) is 24.3 Å². The van der Waals surface area contributed by atoms with Gasteiger partial charge in [0.1, 0.15) is 23.7 Å². The van der Waals surface area contributed by atoms with Gasteiger partial charge < -0.3 is 19.9 Å². The zero-order valence-corrected chi connectivity index (χ0v) is 27.9. The number of benzene rings is 1. The summed E-state index contributed by atoms with van der Waals surface area (Å²) in [5.41, 5.74) is 5.58. The molecule has 1 aromatic rings. The van der Waals surface area contributed by atoms with Crippen LogP contribution in [0.25, 0.3) is 0 Å². The summed E-state index contributed by atoms with van der Waals surface area (Å²) in [5, 5.41) is 0. The molecule has 242 valence electrons. The minimum Gasteiger partial charge on any atom is -0.467 e. The maximum Gasteiger partial charge on any atom is 0.329 e. The van der Waals surface area contributed by atoms with Gasteiger partial charge in [-0.15, -0.1) is 0 Å². The molecule has 0 aromatic heterocycles. The van der Waals surface area contributed by atoms with Crippen LogP contribution in [0.2, 0.25) is 25.7 Å². The number of unbranched alkanes of at least 4 members (excludes halogenated alkanes) is 5. The molecule has 0 aliphatic carbocycles. The van der Waals surface area contributed by atoms with E-state index in [0.29, 0.717) is 25.2 Å². The number of rotatable bonds is 21. The second-order valence-corrected chi connectivity index (χ2v) is 18.5. The minimum atomic E-state index is -1.24. The van der Waals surface area contributed by atoms with Gasteiger partial charge in [0.2, 0.25) is 5.91 Å². The highest BCUT2D eigenvalue weighted by Crippen LogP contribution is 2.30. The van der Waals surface area contributed by atoms with Crippen molar-refractivity contribution in [3.63, 3.8) is 0 Å². The molecule has 2 rings (SSSR count). The number of amides is 2. The van der Waals surface area contributed by atoms with Crippen LogP contribution < -0.4 is 10.5 Å². The number of primary amides is 1. The fourth-order valence-electron chi connectivity index (χ4n) is 4.87. The predicted octanol–water partition coefficient (Wildman–Crippen LogP) is 7.36. The van der Waals surface area contributed by atoms with Gasteiger partial charge >= 0.3 is 5.97 Å².